The lowest BCUT2D eigenvalue weighted by Crippen LogP contribution is -2.31. The fraction of sp³-hybridized carbons (Fsp3) is 0.920. The molecule has 25 heavy (non-hydrogen) atoms. The molecule has 0 unspecified atom stereocenters. The fourth-order valence-electron chi connectivity index (χ4n) is 6.22. The molecular formula is C25H42. The molecule has 0 heteroatoms. The molecule has 0 radical (unpaired) electrons. The van der Waals surface area contributed by atoms with Crippen molar-refractivity contribution in [2.45, 2.75) is 111 Å². The van der Waals surface area contributed by atoms with Crippen molar-refractivity contribution in [2.75, 3.05) is 0 Å². The van der Waals surface area contributed by atoms with Gasteiger partial charge in [-0.2, -0.15) is 0 Å². The van der Waals surface area contributed by atoms with Gasteiger partial charge in [0.15, 0.2) is 0 Å². The van der Waals surface area contributed by atoms with Crippen LogP contribution in [0.15, 0.2) is 0 Å². The lowest BCUT2D eigenvalue weighted by molar-refractivity contribution is 0.114. The maximum atomic E-state index is 3.73. The van der Waals surface area contributed by atoms with Crippen LogP contribution < -0.4 is 0 Å². The van der Waals surface area contributed by atoms with Gasteiger partial charge in [0, 0.05) is 5.41 Å². The van der Waals surface area contributed by atoms with Crippen molar-refractivity contribution < 1.29 is 0 Å². The first kappa shape index (κ1) is 19.3. The van der Waals surface area contributed by atoms with E-state index in [1.165, 1.54) is 89.9 Å². The van der Waals surface area contributed by atoms with Crippen molar-refractivity contribution in [2.24, 2.45) is 35.0 Å². The Balaban J connectivity index is 1.49. The van der Waals surface area contributed by atoms with Gasteiger partial charge in [0.2, 0.25) is 0 Å². The van der Waals surface area contributed by atoms with Crippen molar-refractivity contribution in [3.63, 3.8) is 0 Å². The van der Waals surface area contributed by atoms with Gasteiger partial charge in [-0.05, 0) is 87.9 Å². The van der Waals surface area contributed by atoms with E-state index in [1.807, 2.05) is 0 Å². The van der Waals surface area contributed by atoms with Gasteiger partial charge in [0.05, 0.1) is 0 Å². The zero-order valence-corrected chi connectivity index (χ0v) is 17.3. The Hall–Kier alpha value is -0.440. The summed E-state index contributed by atoms with van der Waals surface area (Å²) in [6.07, 6.45) is 20.5. The van der Waals surface area contributed by atoms with Crippen LogP contribution in [0.3, 0.4) is 0 Å². The predicted molar refractivity (Wildman–Crippen MR) is 109 cm³/mol. The molecule has 3 aliphatic carbocycles. The normalized spacial score (nSPS) is 42.4. The lowest BCUT2D eigenvalue weighted by atomic mass is 9.63. The van der Waals surface area contributed by atoms with Crippen LogP contribution >= 0.6 is 0 Å². The van der Waals surface area contributed by atoms with E-state index in [0.29, 0.717) is 5.41 Å². The molecule has 0 nitrogen and oxygen atoms in total. The molecule has 0 atom stereocenters. The molecule has 0 aromatic heterocycles. The maximum Gasteiger partial charge on any atom is 0.0315 e. The summed E-state index contributed by atoms with van der Waals surface area (Å²) in [7, 11) is 0. The van der Waals surface area contributed by atoms with E-state index < -0.39 is 0 Å². The summed E-state index contributed by atoms with van der Waals surface area (Å²) < 4.78 is 0. The number of hydrogen-bond donors (Lipinski definition) is 0. The second-order valence-electron chi connectivity index (χ2n) is 10.2. The molecule has 3 saturated carbocycles. The van der Waals surface area contributed by atoms with E-state index >= 15 is 0 Å². The Morgan fingerprint density at radius 3 is 1.80 bits per heavy atom. The van der Waals surface area contributed by atoms with Crippen molar-refractivity contribution in [3.8, 4) is 11.8 Å². The highest BCUT2D eigenvalue weighted by Gasteiger charge is 2.37. The minimum Gasteiger partial charge on any atom is -0.106 e. The molecular weight excluding hydrogens is 300 g/mol. The Kier molecular flexibility index (Phi) is 6.93. The SMILES string of the molecule is CC#CC1(CCC2CCC(C)CC2)CCC(C2CCC(C)CC2)CC1. The standard InChI is InChI=1S/C25H42/c1-4-16-25(17-13-22-9-5-20(2)6-10-22)18-14-24(15-19-25)23-11-7-21(3)8-12-23/h20-24H,5-15,17-19H2,1-3H3. The molecule has 0 aliphatic heterocycles. The van der Waals surface area contributed by atoms with E-state index in [2.05, 4.69) is 32.6 Å². The molecule has 142 valence electrons. The second-order valence-corrected chi connectivity index (χ2v) is 10.2. The second kappa shape index (κ2) is 8.97. The Bertz CT molecular complexity index is 440. The van der Waals surface area contributed by atoms with Crippen LogP contribution in [0.1, 0.15) is 111 Å². The van der Waals surface area contributed by atoms with Crippen LogP contribution in [0.5, 0.6) is 0 Å². The zero-order chi connectivity index (χ0) is 17.7. The summed E-state index contributed by atoms with van der Waals surface area (Å²) in [6.45, 7) is 6.96. The van der Waals surface area contributed by atoms with Crippen molar-refractivity contribution in [3.05, 3.63) is 0 Å². The topological polar surface area (TPSA) is 0 Å². The van der Waals surface area contributed by atoms with E-state index in [4.69, 9.17) is 0 Å². The van der Waals surface area contributed by atoms with Crippen LogP contribution in [-0.4, -0.2) is 0 Å². The predicted octanol–water partition coefficient (Wildman–Crippen LogP) is 7.62. The third kappa shape index (κ3) is 5.28. The van der Waals surface area contributed by atoms with E-state index in [-0.39, 0.29) is 0 Å². The minimum absolute atomic E-state index is 0.385. The number of rotatable bonds is 4. The van der Waals surface area contributed by atoms with Gasteiger partial charge in [0.1, 0.15) is 0 Å². The Morgan fingerprint density at radius 2 is 1.24 bits per heavy atom. The molecule has 0 spiro atoms. The van der Waals surface area contributed by atoms with Gasteiger partial charge in [-0.15, -0.1) is 5.92 Å². The van der Waals surface area contributed by atoms with Gasteiger partial charge in [-0.25, -0.2) is 0 Å². The molecule has 0 saturated heterocycles. The summed E-state index contributed by atoms with van der Waals surface area (Å²) in [5.41, 5.74) is 0.385. The highest BCUT2D eigenvalue weighted by atomic mass is 14.4. The lowest BCUT2D eigenvalue weighted by Gasteiger charge is -2.42. The fourth-order valence-corrected chi connectivity index (χ4v) is 6.22. The summed E-state index contributed by atoms with van der Waals surface area (Å²) in [4.78, 5) is 0. The summed E-state index contributed by atoms with van der Waals surface area (Å²) >= 11 is 0. The summed E-state index contributed by atoms with van der Waals surface area (Å²) in [5, 5.41) is 0. The zero-order valence-electron chi connectivity index (χ0n) is 17.3. The average Bonchev–Trinajstić information content (AvgIpc) is 2.63. The van der Waals surface area contributed by atoms with Crippen LogP contribution in [0, 0.1) is 46.8 Å². The van der Waals surface area contributed by atoms with Crippen molar-refractivity contribution in [1.29, 1.82) is 0 Å². The third-order valence-corrected chi connectivity index (χ3v) is 8.27. The third-order valence-electron chi connectivity index (χ3n) is 8.27. The molecule has 3 aliphatic rings. The highest BCUT2D eigenvalue weighted by molar-refractivity contribution is 5.12. The summed E-state index contributed by atoms with van der Waals surface area (Å²) in [5.74, 6) is 12.1. The molecule has 3 fully saturated rings. The quantitative estimate of drug-likeness (QED) is 0.461. The van der Waals surface area contributed by atoms with E-state index in [1.54, 1.807) is 0 Å². The van der Waals surface area contributed by atoms with Gasteiger partial charge in [-0.1, -0.05) is 58.3 Å². The van der Waals surface area contributed by atoms with Gasteiger partial charge in [-0.3, -0.25) is 0 Å². The summed E-state index contributed by atoms with van der Waals surface area (Å²) in [6, 6.07) is 0. The number of hydrogen-bond acceptors (Lipinski definition) is 0. The Labute approximate surface area is 157 Å². The van der Waals surface area contributed by atoms with Crippen LogP contribution in [0.4, 0.5) is 0 Å². The van der Waals surface area contributed by atoms with E-state index in [0.717, 1.165) is 29.6 Å². The molecule has 0 heterocycles. The Morgan fingerprint density at radius 1 is 0.720 bits per heavy atom. The maximum absolute atomic E-state index is 3.73. The first-order chi connectivity index (χ1) is 12.1. The van der Waals surface area contributed by atoms with Gasteiger partial charge >= 0.3 is 0 Å². The molecule has 0 amide bonds. The largest absolute Gasteiger partial charge is 0.106 e. The van der Waals surface area contributed by atoms with Crippen LogP contribution in [0.25, 0.3) is 0 Å². The van der Waals surface area contributed by atoms with E-state index in [9.17, 15) is 0 Å². The molecule has 0 N–H and O–H groups in total. The monoisotopic (exact) mass is 342 g/mol. The van der Waals surface area contributed by atoms with Crippen molar-refractivity contribution >= 4 is 0 Å². The van der Waals surface area contributed by atoms with Gasteiger partial charge in [0.25, 0.3) is 0 Å². The average molecular weight is 343 g/mol. The molecule has 0 aromatic carbocycles. The first-order valence-corrected chi connectivity index (χ1v) is 11.5. The molecule has 3 rings (SSSR count). The molecule has 0 bridgehead atoms. The van der Waals surface area contributed by atoms with Gasteiger partial charge < -0.3 is 0 Å². The van der Waals surface area contributed by atoms with Crippen LogP contribution in [0.2, 0.25) is 0 Å². The highest BCUT2D eigenvalue weighted by Crippen LogP contribution is 2.48. The first-order valence-electron chi connectivity index (χ1n) is 11.5. The van der Waals surface area contributed by atoms with Crippen molar-refractivity contribution in [1.82, 2.24) is 0 Å². The molecule has 0 aromatic rings. The minimum atomic E-state index is 0.385. The smallest absolute Gasteiger partial charge is 0.0315 e. The van der Waals surface area contributed by atoms with Crippen LogP contribution in [-0.2, 0) is 0 Å².